The molecule has 67 heavy (non-hydrogen) atoms. The molecule has 0 aliphatic heterocycles. The number of nitrogens with zero attached hydrogens (tertiary/aromatic N) is 5. The minimum absolute atomic E-state index is 0.0105. The first-order chi connectivity index (χ1) is 32.4. The van der Waals surface area contributed by atoms with Crippen LogP contribution in [0.3, 0.4) is 0 Å². The fourth-order valence-corrected chi connectivity index (χ4v) is 7.66. The average molecular weight is 880 g/mol. The van der Waals surface area contributed by atoms with Gasteiger partial charge in [0.15, 0.2) is 0 Å². The third-order valence-corrected chi connectivity index (χ3v) is 11.8. The van der Waals surface area contributed by atoms with Crippen LogP contribution in [0.25, 0.3) is 70.1 Å². The maximum atomic E-state index is 9.75. The van der Waals surface area contributed by atoms with Gasteiger partial charge in [0.2, 0.25) is 23.6 Å². The lowest BCUT2D eigenvalue weighted by Crippen LogP contribution is -2.10. The lowest BCUT2D eigenvalue weighted by atomic mass is 9.87. The number of anilines is 3. The number of benzene rings is 7. The Bertz CT molecular complexity index is 2920. The molecule has 0 spiro atoms. The van der Waals surface area contributed by atoms with E-state index in [-0.39, 0.29) is 17.4 Å². The Labute approximate surface area is 392 Å². The maximum Gasteiger partial charge on any atom is 0.248 e. The number of aliphatic hydroxyl groups excluding tert-OH is 1. The summed E-state index contributed by atoms with van der Waals surface area (Å²) in [7, 11) is 0. The molecule has 0 aliphatic rings. The third-order valence-electron chi connectivity index (χ3n) is 11.8. The summed E-state index contributed by atoms with van der Waals surface area (Å²) in [5.41, 5.74) is 14.3. The molecule has 2 aromatic heterocycles. The van der Waals surface area contributed by atoms with Gasteiger partial charge in [-0.2, -0.15) is 0 Å². The van der Waals surface area contributed by atoms with Crippen molar-refractivity contribution in [2.45, 2.75) is 59.0 Å². The molecule has 0 fully saturated rings. The predicted octanol–water partition coefficient (Wildman–Crippen LogP) is 15.0. The lowest BCUT2D eigenvalue weighted by Gasteiger charge is -2.26. The molecule has 0 saturated heterocycles. The Kier molecular flexibility index (Phi) is 12.5. The van der Waals surface area contributed by atoms with Crippen LogP contribution in [0.1, 0.15) is 80.5 Å². The van der Waals surface area contributed by atoms with Crippen molar-refractivity contribution in [1.29, 1.82) is 0 Å². The molecule has 8 heteroatoms. The maximum absolute atomic E-state index is 9.75. The molecule has 0 amide bonds. The Morgan fingerprint density at radius 3 is 0.896 bits per heavy atom. The molecular weight excluding hydrogens is 827 g/mol. The van der Waals surface area contributed by atoms with E-state index in [1.165, 1.54) is 11.1 Å². The predicted molar refractivity (Wildman–Crippen MR) is 273 cm³/mol. The van der Waals surface area contributed by atoms with Crippen molar-refractivity contribution in [1.82, 2.24) is 20.4 Å². The zero-order valence-electron chi connectivity index (χ0n) is 38.7. The second-order valence-corrected chi connectivity index (χ2v) is 18.7. The van der Waals surface area contributed by atoms with Crippen molar-refractivity contribution in [2.75, 3.05) is 4.90 Å². The van der Waals surface area contributed by atoms with Crippen molar-refractivity contribution in [3.05, 3.63) is 209 Å². The van der Waals surface area contributed by atoms with E-state index >= 15 is 0 Å². The zero-order chi connectivity index (χ0) is 46.5. The van der Waals surface area contributed by atoms with Gasteiger partial charge in [0.25, 0.3) is 0 Å². The summed E-state index contributed by atoms with van der Waals surface area (Å²) in [6.45, 7) is 13.2. The van der Waals surface area contributed by atoms with Crippen molar-refractivity contribution >= 4 is 41.4 Å². The molecule has 7 aromatic carbocycles. The van der Waals surface area contributed by atoms with E-state index in [4.69, 9.17) is 8.83 Å². The van der Waals surface area contributed by atoms with Gasteiger partial charge in [-0.15, -0.1) is 20.4 Å². The molecule has 1 N–H and O–H groups in total. The van der Waals surface area contributed by atoms with Crippen LogP contribution in [0.4, 0.5) is 17.1 Å². The van der Waals surface area contributed by atoms with E-state index in [1.807, 2.05) is 72.8 Å². The van der Waals surface area contributed by atoms with Crippen molar-refractivity contribution in [3.8, 4) is 45.8 Å². The van der Waals surface area contributed by atoms with Gasteiger partial charge in [0, 0.05) is 39.3 Å². The minimum Gasteiger partial charge on any atom is -0.416 e. The lowest BCUT2D eigenvalue weighted by molar-refractivity contribution is 0.282. The van der Waals surface area contributed by atoms with Crippen molar-refractivity contribution in [2.24, 2.45) is 0 Å². The van der Waals surface area contributed by atoms with Crippen LogP contribution in [0.5, 0.6) is 0 Å². The van der Waals surface area contributed by atoms with Crippen LogP contribution in [-0.2, 0) is 17.4 Å². The minimum atomic E-state index is -0.0105. The molecule has 0 atom stereocenters. The average Bonchev–Trinajstić information content (AvgIpc) is 4.06. The zero-order valence-corrected chi connectivity index (χ0v) is 38.7. The molecular formula is C59H53N5O3. The summed E-state index contributed by atoms with van der Waals surface area (Å²) in [4.78, 5) is 2.22. The van der Waals surface area contributed by atoms with Gasteiger partial charge in [-0.25, -0.2) is 0 Å². The van der Waals surface area contributed by atoms with Gasteiger partial charge in [-0.05, 0) is 135 Å². The van der Waals surface area contributed by atoms with Crippen LogP contribution in [0.2, 0.25) is 0 Å². The molecule has 0 saturated carbocycles. The van der Waals surface area contributed by atoms with E-state index in [0.717, 1.165) is 67.1 Å². The third kappa shape index (κ3) is 10.5. The summed E-state index contributed by atoms with van der Waals surface area (Å²) in [5, 5.41) is 27.0. The van der Waals surface area contributed by atoms with Gasteiger partial charge in [-0.1, -0.05) is 151 Å². The van der Waals surface area contributed by atoms with Crippen LogP contribution < -0.4 is 4.90 Å². The fourth-order valence-electron chi connectivity index (χ4n) is 7.66. The first-order valence-corrected chi connectivity index (χ1v) is 22.5. The van der Waals surface area contributed by atoms with Crippen LogP contribution >= 0.6 is 0 Å². The summed E-state index contributed by atoms with van der Waals surface area (Å²) >= 11 is 0. The standard InChI is InChI=1S/C59H53N5O3/c1-58(2,3)49-29-25-47(26-30-49)56-62-60-54(66-56)45-21-11-40(12-22-45)7-9-42-15-33-51(34-16-42)64(53-37-19-44(39-65)20-38-53)52-35-17-43(18-36-52)10-8-41-13-23-46(24-14-41)55-61-63-57(67-55)48-27-31-50(32-28-48)59(4,5)6/h7-38,65H,39H2,1-6H3/b9-7+,10-8+. The molecule has 0 bridgehead atoms. The SMILES string of the molecule is CC(C)(C)c1ccc(-c2nnc(-c3ccc(/C=C/c4ccc(N(c5ccc(/C=C/c6ccc(-c7nnc(-c8ccc(C(C)(C)C)cc8)o7)cc6)cc5)c5ccc(CO)cc5)cc4)cc3)o2)cc1. The van der Waals surface area contributed by atoms with E-state index < -0.39 is 0 Å². The largest absolute Gasteiger partial charge is 0.416 e. The molecule has 0 aliphatic carbocycles. The van der Waals surface area contributed by atoms with Crippen LogP contribution in [-0.4, -0.2) is 25.5 Å². The van der Waals surface area contributed by atoms with Crippen LogP contribution in [0, 0.1) is 0 Å². The van der Waals surface area contributed by atoms with Gasteiger partial charge in [-0.3, -0.25) is 0 Å². The Hall–Kier alpha value is -7.94. The number of aliphatic hydroxyl groups is 1. The van der Waals surface area contributed by atoms with E-state index in [0.29, 0.717) is 23.6 Å². The normalized spacial score (nSPS) is 12.0. The Balaban J connectivity index is 0.856. The highest BCUT2D eigenvalue weighted by Crippen LogP contribution is 2.36. The molecule has 0 unspecified atom stereocenters. The first-order valence-electron chi connectivity index (χ1n) is 22.5. The highest BCUT2D eigenvalue weighted by Gasteiger charge is 2.18. The highest BCUT2D eigenvalue weighted by atomic mass is 16.4. The van der Waals surface area contributed by atoms with Gasteiger partial charge >= 0.3 is 0 Å². The summed E-state index contributed by atoms with van der Waals surface area (Å²) in [6.07, 6.45) is 8.40. The van der Waals surface area contributed by atoms with Crippen molar-refractivity contribution in [3.63, 3.8) is 0 Å². The molecule has 332 valence electrons. The highest BCUT2D eigenvalue weighted by molar-refractivity contribution is 5.80. The molecule has 9 aromatic rings. The molecule has 9 rings (SSSR count). The van der Waals surface area contributed by atoms with Gasteiger partial charge < -0.3 is 18.8 Å². The quantitative estimate of drug-likeness (QED) is 0.121. The molecule has 0 radical (unpaired) electrons. The summed E-state index contributed by atoms with van der Waals surface area (Å²) in [6, 6.07) is 57.8. The monoisotopic (exact) mass is 879 g/mol. The Morgan fingerprint density at radius 2 is 0.627 bits per heavy atom. The van der Waals surface area contributed by atoms with Gasteiger partial charge in [0.1, 0.15) is 0 Å². The topological polar surface area (TPSA) is 101 Å². The van der Waals surface area contributed by atoms with Gasteiger partial charge in [0.05, 0.1) is 6.61 Å². The smallest absolute Gasteiger partial charge is 0.248 e. The Morgan fingerprint density at radius 1 is 0.373 bits per heavy atom. The number of hydrogen-bond acceptors (Lipinski definition) is 8. The number of hydrogen-bond donors (Lipinski definition) is 1. The molecule has 8 nitrogen and oxygen atoms in total. The van der Waals surface area contributed by atoms with E-state index in [9.17, 15) is 5.11 Å². The summed E-state index contributed by atoms with van der Waals surface area (Å²) < 4.78 is 12.1. The second kappa shape index (κ2) is 18.9. The number of aromatic nitrogens is 4. The second-order valence-electron chi connectivity index (χ2n) is 18.7. The summed E-state index contributed by atoms with van der Waals surface area (Å²) in [5.74, 6) is 1.98. The van der Waals surface area contributed by atoms with Crippen LogP contribution in [0.15, 0.2) is 179 Å². The first kappa shape index (κ1) is 44.3. The van der Waals surface area contributed by atoms with E-state index in [2.05, 4.69) is 188 Å². The van der Waals surface area contributed by atoms with Crippen molar-refractivity contribution < 1.29 is 13.9 Å². The molecule has 2 heterocycles. The number of rotatable bonds is 12. The fraction of sp³-hybridized carbons (Fsp3) is 0.153. The van der Waals surface area contributed by atoms with E-state index in [1.54, 1.807) is 0 Å².